The Hall–Kier alpha value is -1.84. The molecule has 1 aliphatic carbocycles. The molecule has 4 heteroatoms. The van der Waals surface area contributed by atoms with Crippen LogP contribution >= 0.6 is 0 Å². The molecular weight excluding hydrogens is 226 g/mol. The maximum atomic E-state index is 11.9. The number of hydrogen-bond donors (Lipinski definition) is 2. The van der Waals surface area contributed by atoms with E-state index in [9.17, 15) is 4.79 Å². The summed E-state index contributed by atoms with van der Waals surface area (Å²) < 4.78 is 0. The number of aryl methyl sites for hydroxylation is 1. The van der Waals surface area contributed by atoms with Crippen molar-refractivity contribution in [1.82, 2.24) is 10.6 Å². The Morgan fingerprint density at radius 3 is 2.67 bits per heavy atom. The van der Waals surface area contributed by atoms with E-state index in [-0.39, 0.29) is 5.91 Å². The Bertz CT molecular complexity index is 488. The minimum Gasteiger partial charge on any atom is -0.353 e. The van der Waals surface area contributed by atoms with Crippen molar-refractivity contribution in [2.24, 2.45) is 4.99 Å². The van der Waals surface area contributed by atoms with Gasteiger partial charge in [0.15, 0.2) is 12.0 Å². The van der Waals surface area contributed by atoms with Gasteiger partial charge in [0, 0.05) is 6.04 Å². The van der Waals surface area contributed by atoms with Crippen molar-refractivity contribution in [3.05, 3.63) is 35.4 Å². The van der Waals surface area contributed by atoms with Crippen molar-refractivity contribution in [2.45, 2.75) is 38.3 Å². The normalized spacial score (nSPS) is 22.6. The number of nitrogens with zero attached hydrogens (tertiary/aromatic N) is 1. The molecule has 2 N–H and O–H groups in total. The molecule has 1 saturated carbocycles. The fraction of sp³-hybridized carbons (Fsp3) is 0.429. The van der Waals surface area contributed by atoms with Crippen molar-refractivity contribution in [1.29, 1.82) is 0 Å². The molecule has 0 radical (unpaired) electrons. The van der Waals surface area contributed by atoms with Crippen LogP contribution in [0.1, 0.15) is 36.9 Å². The van der Waals surface area contributed by atoms with E-state index in [0.29, 0.717) is 12.0 Å². The number of hydrogen-bond acceptors (Lipinski definition) is 3. The number of carbonyl (C=O) groups excluding carboxylic acids is 1. The van der Waals surface area contributed by atoms with Gasteiger partial charge >= 0.3 is 0 Å². The number of rotatable bonds is 3. The van der Waals surface area contributed by atoms with Crippen LogP contribution in [0.2, 0.25) is 0 Å². The molecule has 1 unspecified atom stereocenters. The van der Waals surface area contributed by atoms with Crippen LogP contribution < -0.4 is 10.6 Å². The number of amides is 1. The highest BCUT2D eigenvalue weighted by Gasteiger charge is 2.31. The molecule has 1 amide bonds. The number of guanidine groups is 1. The van der Waals surface area contributed by atoms with Crippen LogP contribution in [0.3, 0.4) is 0 Å². The minimum absolute atomic E-state index is 0.0394. The van der Waals surface area contributed by atoms with Crippen LogP contribution in [-0.4, -0.2) is 17.9 Å². The van der Waals surface area contributed by atoms with E-state index in [0.717, 1.165) is 12.0 Å². The van der Waals surface area contributed by atoms with E-state index in [4.69, 9.17) is 0 Å². The molecule has 1 aliphatic heterocycles. The van der Waals surface area contributed by atoms with Gasteiger partial charge in [0.2, 0.25) is 0 Å². The van der Waals surface area contributed by atoms with Gasteiger partial charge in [-0.05, 0) is 30.4 Å². The van der Waals surface area contributed by atoms with Gasteiger partial charge in [-0.3, -0.25) is 10.1 Å². The van der Waals surface area contributed by atoms with Crippen molar-refractivity contribution in [3.63, 3.8) is 0 Å². The summed E-state index contributed by atoms with van der Waals surface area (Å²) in [4.78, 5) is 16.3. The smallest absolute Gasteiger partial charge is 0.256 e. The molecule has 1 heterocycles. The first-order chi connectivity index (χ1) is 8.76. The lowest BCUT2D eigenvalue weighted by atomic mass is 10.0. The number of nitrogens with one attached hydrogen (secondary N) is 2. The monoisotopic (exact) mass is 243 g/mol. The van der Waals surface area contributed by atoms with Gasteiger partial charge < -0.3 is 5.32 Å². The van der Waals surface area contributed by atoms with E-state index in [1.54, 1.807) is 0 Å². The third kappa shape index (κ3) is 2.23. The SMILES string of the molecule is CCc1ccc(C2N=C(NC3CC3)NC2=O)cc1. The van der Waals surface area contributed by atoms with E-state index in [1.165, 1.54) is 18.4 Å². The third-order valence-corrected chi connectivity index (χ3v) is 3.37. The van der Waals surface area contributed by atoms with Gasteiger partial charge in [0.25, 0.3) is 5.91 Å². The zero-order valence-corrected chi connectivity index (χ0v) is 10.4. The summed E-state index contributed by atoms with van der Waals surface area (Å²) in [5.74, 6) is 0.592. The maximum Gasteiger partial charge on any atom is 0.256 e. The van der Waals surface area contributed by atoms with Crippen LogP contribution in [-0.2, 0) is 11.2 Å². The topological polar surface area (TPSA) is 53.5 Å². The predicted molar refractivity (Wildman–Crippen MR) is 70.3 cm³/mol. The number of benzene rings is 1. The lowest BCUT2D eigenvalue weighted by Gasteiger charge is -2.05. The fourth-order valence-electron chi connectivity index (χ4n) is 2.06. The van der Waals surface area contributed by atoms with Crippen LogP contribution in [0.5, 0.6) is 0 Å². The van der Waals surface area contributed by atoms with Crippen LogP contribution in [0.15, 0.2) is 29.3 Å². The summed E-state index contributed by atoms with van der Waals surface area (Å²) in [6, 6.07) is 8.22. The molecule has 1 aromatic carbocycles. The summed E-state index contributed by atoms with van der Waals surface area (Å²) in [7, 11) is 0. The fourth-order valence-corrected chi connectivity index (χ4v) is 2.06. The van der Waals surface area contributed by atoms with Gasteiger partial charge in [0.05, 0.1) is 0 Å². The van der Waals surface area contributed by atoms with Gasteiger partial charge in [0.1, 0.15) is 0 Å². The molecule has 4 nitrogen and oxygen atoms in total. The predicted octanol–water partition coefficient (Wildman–Crippen LogP) is 1.53. The van der Waals surface area contributed by atoms with E-state index < -0.39 is 6.04 Å². The van der Waals surface area contributed by atoms with E-state index in [2.05, 4.69) is 34.7 Å². The molecule has 18 heavy (non-hydrogen) atoms. The molecule has 1 aromatic rings. The van der Waals surface area contributed by atoms with Crippen LogP contribution in [0.4, 0.5) is 0 Å². The maximum absolute atomic E-state index is 11.9. The van der Waals surface area contributed by atoms with Crippen LogP contribution in [0, 0.1) is 0 Å². The Balaban J connectivity index is 1.77. The molecule has 0 bridgehead atoms. The highest BCUT2D eigenvalue weighted by molar-refractivity contribution is 6.05. The molecule has 3 rings (SSSR count). The third-order valence-electron chi connectivity index (χ3n) is 3.37. The van der Waals surface area contributed by atoms with Gasteiger partial charge in [-0.2, -0.15) is 0 Å². The van der Waals surface area contributed by atoms with E-state index in [1.807, 2.05) is 12.1 Å². The average Bonchev–Trinajstić information content (AvgIpc) is 3.12. The van der Waals surface area contributed by atoms with Crippen molar-refractivity contribution >= 4 is 11.9 Å². The first-order valence-electron chi connectivity index (χ1n) is 6.50. The second-order valence-electron chi connectivity index (χ2n) is 4.88. The highest BCUT2D eigenvalue weighted by Crippen LogP contribution is 2.23. The largest absolute Gasteiger partial charge is 0.353 e. The van der Waals surface area contributed by atoms with Crippen molar-refractivity contribution in [3.8, 4) is 0 Å². The summed E-state index contributed by atoms with van der Waals surface area (Å²) >= 11 is 0. The van der Waals surface area contributed by atoms with Crippen molar-refractivity contribution < 1.29 is 4.79 Å². The lowest BCUT2D eigenvalue weighted by Crippen LogP contribution is -2.37. The standard InChI is InChI=1S/C14H17N3O/c1-2-9-3-5-10(6-4-9)12-13(18)17-14(16-12)15-11-7-8-11/h3-6,11-12H,2,7-8H2,1H3,(H2,15,16,17,18). The summed E-state index contributed by atoms with van der Waals surface area (Å²) in [5, 5.41) is 6.03. The molecule has 0 aromatic heterocycles. The first kappa shape index (κ1) is 11.3. The molecule has 94 valence electrons. The zero-order valence-electron chi connectivity index (χ0n) is 10.4. The summed E-state index contributed by atoms with van der Waals surface area (Å²) in [6.45, 7) is 2.12. The molecule has 1 fully saturated rings. The van der Waals surface area contributed by atoms with Gasteiger partial charge in [-0.15, -0.1) is 0 Å². The Morgan fingerprint density at radius 1 is 1.33 bits per heavy atom. The van der Waals surface area contributed by atoms with Crippen LogP contribution in [0.25, 0.3) is 0 Å². The summed E-state index contributed by atoms with van der Waals surface area (Å²) in [6.07, 6.45) is 3.35. The Kier molecular flexibility index (Phi) is 2.78. The van der Waals surface area contributed by atoms with E-state index >= 15 is 0 Å². The molecule has 1 atom stereocenters. The molecule has 0 saturated heterocycles. The Morgan fingerprint density at radius 2 is 2.06 bits per heavy atom. The first-order valence-corrected chi connectivity index (χ1v) is 6.50. The highest BCUT2D eigenvalue weighted by atomic mass is 16.2. The molecule has 0 spiro atoms. The second-order valence-corrected chi connectivity index (χ2v) is 4.88. The molecular formula is C14H17N3O. The number of carbonyl (C=O) groups is 1. The average molecular weight is 243 g/mol. The number of aliphatic imine (C=N–C) groups is 1. The quantitative estimate of drug-likeness (QED) is 0.846. The molecule has 2 aliphatic rings. The summed E-state index contributed by atoms with van der Waals surface area (Å²) in [5.41, 5.74) is 2.23. The second kappa shape index (κ2) is 4.44. The minimum atomic E-state index is -0.392. The van der Waals surface area contributed by atoms with Crippen molar-refractivity contribution in [2.75, 3.05) is 0 Å². The lowest BCUT2D eigenvalue weighted by molar-refractivity contribution is -0.120. The zero-order chi connectivity index (χ0) is 12.5. The van der Waals surface area contributed by atoms with Gasteiger partial charge in [-0.25, -0.2) is 4.99 Å². The Labute approximate surface area is 106 Å². The van der Waals surface area contributed by atoms with Gasteiger partial charge in [-0.1, -0.05) is 31.2 Å².